The molecule has 8 rings (SSSR count). The van der Waals surface area contributed by atoms with E-state index < -0.39 is 0 Å². The summed E-state index contributed by atoms with van der Waals surface area (Å²) in [6, 6.07) is 36.6. The maximum absolute atomic E-state index is 12.5. The van der Waals surface area contributed by atoms with Crippen LogP contribution in [-0.2, 0) is 42.7 Å². The zero-order chi connectivity index (χ0) is 44.0. The van der Waals surface area contributed by atoms with E-state index in [0.29, 0.717) is 11.4 Å². The minimum absolute atomic E-state index is 0. The molecule has 3 heterocycles. The van der Waals surface area contributed by atoms with Crippen LogP contribution in [0.2, 0.25) is 0 Å². The van der Waals surface area contributed by atoms with Crippen molar-refractivity contribution in [1.29, 1.82) is 0 Å². The Morgan fingerprint density at radius 2 is 1.23 bits per heavy atom. The van der Waals surface area contributed by atoms with Gasteiger partial charge in [0.15, 0.2) is 0 Å². The summed E-state index contributed by atoms with van der Waals surface area (Å²) in [6.45, 7) is 31.0. The van der Waals surface area contributed by atoms with Crippen molar-refractivity contribution in [2.24, 2.45) is 0 Å². The molecular weight excluding hydrogens is 960 g/mol. The van der Waals surface area contributed by atoms with Gasteiger partial charge in [0.1, 0.15) is 17.9 Å². The molecule has 5 aromatic carbocycles. The molecule has 3 aromatic heterocycles. The van der Waals surface area contributed by atoms with E-state index in [1.807, 2.05) is 0 Å². The van der Waals surface area contributed by atoms with Gasteiger partial charge < -0.3 is 5.11 Å². The molecule has 0 aliphatic rings. The summed E-state index contributed by atoms with van der Waals surface area (Å²) in [5.41, 5.74) is 15.3. The van der Waals surface area contributed by atoms with Crippen LogP contribution in [-0.4, -0.2) is 24.6 Å². The predicted octanol–water partition coefficient (Wildman–Crippen LogP) is 15.0. The molecule has 322 valence electrons. The third-order valence-corrected chi connectivity index (χ3v) is 13.3. The van der Waals surface area contributed by atoms with Gasteiger partial charge in [-0.05, 0) is 82.0 Å². The van der Waals surface area contributed by atoms with Crippen LogP contribution in [0.1, 0.15) is 116 Å². The molecule has 0 bridgehead atoms. The number of rotatable bonds is 5. The number of hydrogen-bond acceptors (Lipinski definition) is 5. The molecule has 0 aliphatic heterocycles. The Labute approximate surface area is 387 Å². The van der Waals surface area contributed by atoms with Gasteiger partial charge in [-0.15, -0.1) is 40.7 Å². The van der Waals surface area contributed by atoms with Gasteiger partial charge >= 0.3 is 0 Å². The number of aromatic hydroxyl groups is 1. The van der Waals surface area contributed by atoms with Crippen LogP contribution in [0, 0.1) is 19.9 Å². The largest absolute Gasteiger partial charge is 0.507 e. The first-order valence-corrected chi connectivity index (χ1v) is 22.2. The second-order valence-corrected chi connectivity index (χ2v) is 22.1. The summed E-state index contributed by atoms with van der Waals surface area (Å²) in [7, 11) is 0. The molecule has 5 nitrogen and oxygen atoms in total. The molecule has 0 unspecified atom stereocenters. The molecule has 8 aromatic rings. The van der Waals surface area contributed by atoms with Crippen molar-refractivity contribution < 1.29 is 26.2 Å². The number of benzene rings is 5. The number of phenolic OH excluding ortho intramolecular Hbond substituents is 1. The van der Waals surface area contributed by atoms with Crippen LogP contribution >= 0.6 is 11.3 Å². The number of imidazole rings is 1. The van der Waals surface area contributed by atoms with Crippen molar-refractivity contribution >= 4 is 32.6 Å². The predicted molar refractivity (Wildman–Crippen MR) is 259 cm³/mol. The average molecular weight is 1020 g/mol. The van der Waals surface area contributed by atoms with Gasteiger partial charge in [0.2, 0.25) is 0 Å². The molecule has 0 fully saturated rings. The SMILES string of the molecule is Cc1sc2c(-c3[c-]c(-c4cccc5c4nc(-c4cc(C(C)(C)C)cc(C(C)(C)C)c4O)n5-c4ccc(C(C)(C)C)cc4-c4ccccc4)cc(C(C)(C)C)c3)ncnc2c1C.[Pt]. The second kappa shape index (κ2) is 16.0. The first kappa shape index (κ1) is 45.1. The number of phenols is 1. The van der Waals surface area contributed by atoms with Crippen molar-refractivity contribution in [1.82, 2.24) is 19.5 Å². The quantitative estimate of drug-likeness (QED) is 0.175. The van der Waals surface area contributed by atoms with E-state index in [1.54, 1.807) is 17.7 Å². The van der Waals surface area contributed by atoms with E-state index in [1.165, 1.54) is 21.6 Å². The van der Waals surface area contributed by atoms with Crippen LogP contribution in [0.25, 0.3) is 71.8 Å². The van der Waals surface area contributed by atoms with Gasteiger partial charge in [-0.2, -0.15) is 0 Å². The van der Waals surface area contributed by atoms with E-state index in [9.17, 15) is 5.11 Å². The minimum atomic E-state index is -0.323. The number of para-hydroxylation sites is 1. The zero-order valence-corrected chi connectivity index (χ0v) is 41.8. The topological polar surface area (TPSA) is 63.8 Å². The van der Waals surface area contributed by atoms with E-state index in [0.717, 1.165) is 71.6 Å². The molecular formula is C55H59N4OPtS-. The summed E-state index contributed by atoms with van der Waals surface area (Å²) in [6.07, 6.45) is 1.68. The molecule has 0 atom stereocenters. The van der Waals surface area contributed by atoms with Crippen molar-refractivity contribution in [3.05, 3.63) is 136 Å². The normalized spacial score (nSPS) is 12.6. The molecule has 0 spiro atoms. The van der Waals surface area contributed by atoms with Crippen molar-refractivity contribution in [2.75, 3.05) is 0 Å². The Balaban J connectivity index is 0.00000578. The van der Waals surface area contributed by atoms with Crippen molar-refractivity contribution in [3.63, 3.8) is 0 Å². The third-order valence-electron chi connectivity index (χ3n) is 12.1. The molecule has 0 saturated carbocycles. The van der Waals surface area contributed by atoms with Gasteiger partial charge in [-0.25, -0.2) is 9.97 Å². The minimum Gasteiger partial charge on any atom is -0.507 e. The fourth-order valence-corrected chi connectivity index (χ4v) is 9.32. The van der Waals surface area contributed by atoms with E-state index in [-0.39, 0.29) is 48.5 Å². The molecule has 1 N–H and O–H groups in total. The molecule has 0 saturated heterocycles. The Kier molecular flexibility index (Phi) is 11.7. The first-order valence-electron chi connectivity index (χ1n) is 21.4. The third kappa shape index (κ3) is 8.22. The summed E-state index contributed by atoms with van der Waals surface area (Å²) in [5, 5.41) is 12.5. The van der Waals surface area contributed by atoms with Crippen LogP contribution < -0.4 is 0 Å². The fourth-order valence-electron chi connectivity index (χ4n) is 8.20. The Morgan fingerprint density at radius 1 is 0.597 bits per heavy atom. The summed E-state index contributed by atoms with van der Waals surface area (Å²) in [5.74, 6) is 0.940. The summed E-state index contributed by atoms with van der Waals surface area (Å²) < 4.78 is 3.35. The molecule has 0 radical (unpaired) electrons. The van der Waals surface area contributed by atoms with Gasteiger partial charge in [0, 0.05) is 47.5 Å². The zero-order valence-electron chi connectivity index (χ0n) is 38.7. The summed E-state index contributed by atoms with van der Waals surface area (Å²) in [4.78, 5) is 16.5. The number of aryl methyl sites for hydroxylation is 2. The Morgan fingerprint density at radius 3 is 1.87 bits per heavy atom. The number of aromatic nitrogens is 4. The molecule has 0 aliphatic carbocycles. The smallest absolute Gasteiger partial charge is 0.148 e. The Hall–Kier alpha value is -4.90. The van der Waals surface area contributed by atoms with E-state index in [2.05, 4.69) is 199 Å². The van der Waals surface area contributed by atoms with Gasteiger partial charge in [-0.3, -0.25) is 9.55 Å². The van der Waals surface area contributed by atoms with E-state index >= 15 is 0 Å². The number of fused-ring (bicyclic) bond motifs is 2. The number of hydrogen-bond donors (Lipinski definition) is 1. The van der Waals surface area contributed by atoms with E-state index in [4.69, 9.17) is 15.0 Å². The monoisotopic (exact) mass is 1020 g/mol. The van der Waals surface area contributed by atoms with Crippen LogP contribution in [0.4, 0.5) is 0 Å². The number of thiophene rings is 1. The van der Waals surface area contributed by atoms with Gasteiger partial charge in [-0.1, -0.05) is 149 Å². The van der Waals surface area contributed by atoms with Crippen molar-refractivity contribution in [3.8, 4) is 56.3 Å². The van der Waals surface area contributed by atoms with Crippen molar-refractivity contribution in [2.45, 2.75) is 119 Å². The average Bonchev–Trinajstić information content (AvgIpc) is 3.72. The van der Waals surface area contributed by atoms with Crippen LogP contribution in [0.15, 0.2) is 97.3 Å². The number of nitrogens with zero attached hydrogens (tertiary/aromatic N) is 4. The molecule has 0 amide bonds. The maximum atomic E-state index is 12.5. The van der Waals surface area contributed by atoms with Crippen LogP contribution in [0.5, 0.6) is 5.75 Å². The molecule has 62 heavy (non-hydrogen) atoms. The first-order chi connectivity index (χ1) is 28.5. The second-order valence-electron chi connectivity index (χ2n) is 20.8. The summed E-state index contributed by atoms with van der Waals surface area (Å²) >= 11 is 1.74. The Bertz CT molecular complexity index is 2980. The fraction of sp³-hybridized carbons (Fsp3) is 0.327. The van der Waals surface area contributed by atoms with Gasteiger partial charge in [0.05, 0.1) is 27.8 Å². The molecule has 7 heteroatoms. The maximum Gasteiger partial charge on any atom is 0.148 e. The van der Waals surface area contributed by atoms with Gasteiger partial charge in [0.25, 0.3) is 0 Å². The van der Waals surface area contributed by atoms with Crippen LogP contribution in [0.3, 0.4) is 0 Å². The standard InChI is InChI=1S/C55H59N4OS.Pt/c1-32-33(2)61-50-46(32)56-31-57-47(50)36-25-35(26-38(27-36)53(6,7)8)40-21-18-22-45-48(40)58-51(42-29-39(54(9,10)11)30-43(49(42)60)55(12,13)14)59(45)44-24-23-37(52(3,4)5)28-41(44)34-19-16-15-17-20-34;/h15-24,26-31,60H,1-14H3;/q-1;.